The van der Waals surface area contributed by atoms with Crippen LogP contribution in [0.25, 0.3) is 0 Å². The summed E-state index contributed by atoms with van der Waals surface area (Å²) in [7, 11) is -4.42. The van der Waals surface area contributed by atoms with E-state index in [4.69, 9.17) is 9.15 Å². The molecule has 1 aliphatic rings. The van der Waals surface area contributed by atoms with Gasteiger partial charge in [-0.15, -0.1) is 0 Å². The standard InChI is InChI=1S/C20H22F2N2O6S/c1-13-11-15(12-19(26)29-13)30-14-6-9-24(10-7-14)18(25)5-8-23-31(27,28)20-16(21)3-2-4-17(20)22/h2-4,11-12,14,23H,5-10H2,1H3. The number of benzene rings is 1. The molecule has 1 fully saturated rings. The van der Waals surface area contributed by atoms with E-state index in [1.165, 1.54) is 6.07 Å². The maximum absolute atomic E-state index is 13.7. The number of likely N-dealkylation sites (tertiary alicyclic amines) is 1. The van der Waals surface area contributed by atoms with E-state index in [-0.39, 0.29) is 25.0 Å². The van der Waals surface area contributed by atoms with Crippen molar-refractivity contribution >= 4 is 15.9 Å². The number of nitrogens with one attached hydrogen (secondary N) is 1. The molecule has 0 radical (unpaired) electrons. The number of sulfonamides is 1. The molecular formula is C20H22F2N2O6S. The third kappa shape index (κ3) is 5.88. The lowest BCUT2D eigenvalue weighted by atomic mass is 10.1. The van der Waals surface area contributed by atoms with Gasteiger partial charge in [-0.1, -0.05) is 6.07 Å². The lowest BCUT2D eigenvalue weighted by molar-refractivity contribution is -0.132. The van der Waals surface area contributed by atoms with Crippen molar-refractivity contribution in [2.24, 2.45) is 0 Å². The minimum absolute atomic E-state index is 0.153. The molecule has 3 rings (SSSR count). The topological polar surface area (TPSA) is 106 Å². The minimum atomic E-state index is -4.42. The molecule has 31 heavy (non-hydrogen) atoms. The molecule has 0 atom stereocenters. The maximum atomic E-state index is 13.7. The quantitative estimate of drug-likeness (QED) is 0.683. The summed E-state index contributed by atoms with van der Waals surface area (Å²) in [4.78, 5) is 24.3. The third-order valence-corrected chi connectivity index (χ3v) is 6.29. The Labute approximate surface area is 177 Å². The zero-order valence-electron chi connectivity index (χ0n) is 16.8. The Bertz CT molecular complexity index is 1090. The Kier molecular flexibility index (Phi) is 7.06. The molecule has 1 saturated heterocycles. The van der Waals surface area contributed by atoms with E-state index in [1.807, 2.05) is 0 Å². The molecule has 11 heteroatoms. The van der Waals surface area contributed by atoms with E-state index >= 15 is 0 Å². The number of nitrogens with zero attached hydrogens (tertiary/aromatic N) is 1. The number of ether oxygens (including phenoxy) is 1. The molecule has 168 valence electrons. The SMILES string of the molecule is Cc1cc(OC2CCN(C(=O)CCNS(=O)(=O)c3c(F)cccc3F)CC2)cc(=O)o1. The van der Waals surface area contributed by atoms with Crippen LogP contribution < -0.4 is 15.1 Å². The first-order chi connectivity index (χ1) is 14.7. The minimum Gasteiger partial charge on any atom is -0.490 e. The molecule has 1 N–H and O–H groups in total. The highest BCUT2D eigenvalue weighted by Gasteiger charge is 2.26. The van der Waals surface area contributed by atoms with Gasteiger partial charge in [0.15, 0.2) is 4.90 Å². The van der Waals surface area contributed by atoms with Crippen LogP contribution in [0, 0.1) is 18.6 Å². The molecule has 8 nitrogen and oxygen atoms in total. The van der Waals surface area contributed by atoms with Crippen LogP contribution in [0.2, 0.25) is 0 Å². The largest absolute Gasteiger partial charge is 0.490 e. The Morgan fingerprint density at radius 2 is 1.87 bits per heavy atom. The highest BCUT2D eigenvalue weighted by atomic mass is 32.2. The van der Waals surface area contributed by atoms with Crippen molar-refractivity contribution in [1.29, 1.82) is 0 Å². The fourth-order valence-electron chi connectivity index (χ4n) is 3.32. The van der Waals surface area contributed by atoms with Crippen LogP contribution in [0.5, 0.6) is 5.75 Å². The lowest BCUT2D eigenvalue weighted by Gasteiger charge is -2.32. The molecule has 2 aromatic rings. The van der Waals surface area contributed by atoms with Gasteiger partial charge in [0.1, 0.15) is 29.2 Å². The summed E-state index contributed by atoms with van der Waals surface area (Å²) in [6, 6.07) is 5.63. The molecule has 1 amide bonds. The van der Waals surface area contributed by atoms with Crippen LogP contribution in [-0.4, -0.2) is 45.0 Å². The van der Waals surface area contributed by atoms with Crippen LogP contribution in [-0.2, 0) is 14.8 Å². The number of halogens is 2. The van der Waals surface area contributed by atoms with Gasteiger partial charge in [-0.3, -0.25) is 4.79 Å². The number of aryl methyl sites for hydroxylation is 1. The predicted octanol–water partition coefficient (Wildman–Crippen LogP) is 1.96. The second-order valence-electron chi connectivity index (χ2n) is 7.12. The molecule has 0 spiro atoms. The van der Waals surface area contributed by atoms with Crippen molar-refractivity contribution in [3.63, 3.8) is 0 Å². The van der Waals surface area contributed by atoms with E-state index in [1.54, 1.807) is 17.9 Å². The predicted molar refractivity (Wildman–Crippen MR) is 106 cm³/mol. The molecule has 1 aromatic heterocycles. The summed E-state index contributed by atoms with van der Waals surface area (Å²) < 4.78 is 64.4. The average molecular weight is 456 g/mol. The Balaban J connectivity index is 1.47. The van der Waals surface area contributed by atoms with Crippen molar-refractivity contribution in [2.45, 2.75) is 37.2 Å². The first-order valence-electron chi connectivity index (χ1n) is 9.65. The number of hydrogen-bond acceptors (Lipinski definition) is 6. The van der Waals surface area contributed by atoms with Gasteiger partial charge >= 0.3 is 5.63 Å². The van der Waals surface area contributed by atoms with Gasteiger partial charge in [-0.05, 0) is 19.1 Å². The summed E-state index contributed by atoms with van der Waals surface area (Å²) in [5.74, 6) is -1.84. The highest BCUT2D eigenvalue weighted by Crippen LogP contribution is 2.20. The van der Waals surface area contributed by atoms with Crippen molar-refractivity contribution in [2.75, 3.05) is 19.6 Å². The Morgan fingerprint density at radius 1 is 1.23 bits per heavy atom. The van der Waals surface area contributed by atoms with Crippen molar-refractivity contribution in [3.8, 4) is 5.75 Å². The van der Waals surface area contributed by atoms with E-state index in [2.05, 4.69) is 4.72 Å². The molecule has 1 aliphatic heterocycles. The second-order valence-corrected chi connectivity index (χ2v) is 8.82. The van der Waals surface area contributed by atoms with Crippen LogP contribution in [0.4, 0.5) is 8.78 Å². The summed E-state index contributed by atoms with van der Waals surface area (Å²) in [6.45, 7) is 2.16. The molecule has 2 heterocycles. The fraction of sp³-hybridized carbons (Fsp3) is 0.400. The maximum Gasteiger partial charge on any atom is 0.339 e. The first kappa shape index (κ1) is 22.9. The van der Waals surface area contributed by atoms with Gasteiger partial charge in [-0.2, -0.15) is 0 Å². The Morgan fingerprint density at radius 3 is 2.48 bits per heavy atom. The zero-order chi connectivity index (χ0) is 22.6. The third-order valence-electron chi connectivity index (χ3n) is 4.78. The zero-order valence-corrected chi connectivity index (χ0v) is 17.6. The smallest absolute Gasteiger partial charge is 0.339 e. The summed E-state index contributed by atoms with van der Waals surface area (Å²) in [5, 5.41) is 0. The molecule has 0 unspecified atom stereocenters. The van der Waals surface area contributed by atoms with Crippen LogP contribution in [0.15, 0.2) is 44.4 Å². The number of amides is 1. The lowest BCUT2D eigenvalue weighted by Crippen LogP contribution is -2.42. The van der Waals surface area contributed by atoms with Gasteiger partial charge in [0.2, 0.25) is 15.9 Å². The van der Waals surface area contributed by atoms with E-state index < -0.39 is 32.2 Å². The monoisotopic (exact) mass is 456 g/mol. The van der Waals surface area contributed by atoms with Gasteiger partial charge in [-0.25, -0.2) is 26.7 Å². The van der Waals surface area contributed by atoms with Gasteiger partial charge in [0.05, 0.1) is 6.07 Å². The number of carbonyl (C=O) groups excluding carboxylic acids is 1. The molecule has 0 aliphatic carbocycles. The second kappa shape index (κ2) is 9.56. The first-order valence-corrected chi connectivity index (χ1v) is 11.1. The van der Waals surface area contributed by atoms with Crippen LogP contribution in [0.1, 0.15) is 25.0 Å². The van der Waals surface area contributed by atoms with Crippen molar-refractivity contribution in [1.82, 2.24) is 9.62 Å². The molecule has 0 saturated carbocycles. The summed E-state index contributed by atoms with van der Waals surface area (Å²) in [5.41, 5.74) is -0.500. The number of carbonyl (C=O) groups is 1. The number of hydrogen-bond donors (Lipinski definition) is 1. The normalized spacial score (nSPS) is 15.1. The van der Waals surface area contributed by atoms with Crippen molar-refractivity contribution < 1.29 is 31.1 Å². The summed E-state index contributed by atoms with van der Waals surface area (Å²) in [6.07, 6.45) is 0.751. The van der Waals surface area contributed by atoms with E-state index in [9.17, 15) is 26.8 Å². The highest BCUT2D eigenvalue weighted by molar-refractivity contribution is 7.89. The van der Waals surface area contributed by atoms with Crippen LogP contribution in [0.3, 0.4) is 0 Å². The Hall–Kier alpha value is -2.79. The van der Waals surface area contributed by atoms with E-state index in [0.717, 1.165) is 18.2 Å². The van der Waals surface area contributed by atoms with E-state index in [0.29, 0.717) is 37.4 Å². The van der Waals surface area contributed by atoms with Crippen LogP contribution >= 0.6 is 0 Å². The number of piperidine rings is 1. The van der Waals surface area contributed by atoms with Gasteiger partial charge in [0, 0.05) is 45.0 Å². The number of rotatable bonds is 7. The molecular weight excluding hydrogens is 434 g/mol. The fourth-order valence-corrected chi connectivity index (χ4v) is 4.49. The average Bonchev–Trinajstić information content (AvgIpc) is 2.67. The van der Waals surface area contributed by atoms with Gasteiger partial charge < -0.3 is 14.1 Å². The van der Waals surface area contributed by atoms with Crippen molar-refractivity contribution in [3.05, 3.63) is 58.1 Å². The molecule has 1 aromatic carbocycles. The van der Waals surface area contributed by atoms with Gasteiger partial charge in [0.25, 0.3) is 0 Å². The summed E-state index contributed by atoms with van der Waals surface area (Å²) >= 11 is 0. The molecule has 0 bridgehead atoms.